The van der Waals surface area contributed by atoms with E-state index in [-0.39, 0.29) is 6.03 Å². The van der Waals surface area contributed by atoms with Crippen LogP contribution in [0.3, 0.4) is 0 Å². The number of piperidine rings is 1. The smallest absolute Gasteiger partial charge is 0.317 e. The van der Waals surface area contributed by atoms with Crippen molar-refractivity contribution in [2.45, 2.75) is 25.7 Å². The van der Waals surface area contributed by atoms with Crippen LogP contribution in [0.15, 0.2) is 29.6 Å². The van der Waals surface area contributed by atoms with Crippen molar-refractivity contribution in [2.75, 3.05) is 26.7 Å². The Morgan fingerprint density at radius 2 is 2.08 bits per heavy atom. The summed E-state index contributed by atoms with van der Waals surface area (Å²) in [5, 5.41) is 6.00. The molecule has 0 unspecified atom stereocenters. The predicted octanol–water partition coefficient (Wildman–Crippen LogP) is 3.56. The maximum Gasteiger partial charge on any atom is 0.317 e. The van der Waals surface area contributed by atoms with Gasteiger partial charge in [-0.1, -0.05) is 12.1 Å². The fourth-order valence-electron chi connectivity index (χ4n) is 2.87. The van der Waals surface area contributed by atoms with Crippen molar-refractivity contribution < 1.29 is 9.53 Å². The van der Waals surface area contributed by atoms with Crippen molar-refractivity contribution in [3.8, 4) is 16.3 Å². The number of carbonyl (C=O) groups is 1. The van der Waals surface area contributed by atoms with E-state index in [1.54, 1.807) is 18.4 Å². The van der Waals surface area contributed by atoms with Gasteiger partial charge in [0.25, 0.3) is 0 Å². The third kappa shape index (κ3) is 4.06. The minimum Gasteiger partial charge on any atom is -0.496 e. The Hall–Kier alpha value is -2.08. The van der Waals surface area contributed by atoms with Crippen LogP contribution < -0.4 is 10.1 Å². The molecule has 1 saturated heterocycles. The van der Waals surface area contributed by atoms with Crippen molar-refractivity contribution in [1.29, 1.82) is 0 Å². The second kappa shape index (κ2) is 8.15. The van der Waals surface area contributed by atoms with Gasteiger partial charge < -0.3 is 15.0 Å². The molecule has 1 N–H and O–H groups in total. The quantitative estimate of drug-likeness (QED) is 0.901. The molecule has 1 aromatic carbocycles. The number of nitrogens with zero attached hydrogens (tertiary/aromatic N) is 2. The van der Waals surface area contributed by atoms with Gasteiger partial charge in [-0.2, -0.15) is 0 Å². The first-order valence-corrected chi connectivity index (χ1v) is 9.26. The van der Waals surface area contributed by atoms with E-state index in [4.69, 9.17) is 4.74 Å². The van der Waals surface area contributed by atoms with Crippen LogP contribution >= 0.6 is 11.3 Å². The van der Waals surface area contributed by atoms with Crippen LogP contribution in [0.5, 0.6) is 5.75 Å². The molecule has 0 bridgehead atoms. The molecule has 3 rings (SSSR count). The highest BCUT2D eigenvalue weighted by Gasteiger charge is 2.16. The number of nitrogens with one attached hydrogen (secondary N) is 1. The molecule has 0 aliphatic carbocycles. The van der Waals surface area contributed by atoms with E-state index < -0.39 is 0 Å². The van der Waals surface area contributed by atoms with E-state index >= 15 is 0 Å². The van der Waals surface area contributed by atoms with Crippen LogP contribution in [0.25, 0.3) is 10.6 Å². The van der Waals surface area contributed by atoms with Crippen molar-refractivity contribution in [3.63, 3.8) is 0 Å². The maximum atomic E-state index is 12.1. The summed E-state index contributed by atoms with van der Waals surface area (Å²) in [4.78, 5) is 18.7. The van der Waals surface area contributed by atoms with Crippen molar-refractivity contribution >= 4 is 17.4 Å². The van der Waals surface area contributed by atoms with Gasteiger partial charge in [-0.15, -0.1) is 11.3 Å². The zero-order valence-corrected chi connectivity index (χ0v) is 14.8. The number of amides is 2. The van der Waals surface area contributed by atoms with Crippen LogP contribution in [0.1, 0.15) is 25.0 Å². The standard InChI is InChI=1S/C18H23N3O2S/c1-23-16-8-4-3-7-15(16)17-20-14(13-24-17)9-10-19-18(22)21-11-5-2-6-12-21/h3-4,7-8,13H,2,5-6,9-12H2,1H3,(H,19,22). The number of rotatable bonds is 5. The Balaban J connectivity index is 1.53. The summed E-state index contributed by atoms with van der Waals surface area (Å²) in [7, 11) is 1.67. The number of urea groups is 1. The molecule has 1 aromatic heterocycles. The summed E-state index contributed by atoms with van der Waals surface area (Å²) in [6, 6.07) is 7.94. The molecular formula is C18H23N3O2S. The van der Waals surface area contributed by atoms with Gasteiger partial charge in [-0.05, 0) is 31.4 Å². The number of hydrogen-bond donors (Lipinski definition) is 1. The average molecular weight is 345 g/mol. The molecule has 0 spiro atoms. The molecule has 0 atom stereocenters. The number of ether oxygens (including phenoxy) is 1. The second-order valence-corrected chi connectivity index (χ2v) is 6.73. The van der Waals surface area contributed by atoms with Crippen LogP contribution in [-0.4, -0.2) is 42.7 Å². The van der Waals surface area contributed by atoms with Gasteiger partial charge >= 0.3 is 6.03 Å². The minimum atomic E-state index is 0.0508. The van der Waals surface area contributed by atoms with Gasteiger partial charge in [-0.3, -0.25) is 0 Å². The molecule has 24 heavy (non-hydrogen) atoms. The van der Waals surface area contributed by atoms with E-state index in [1.807, 2.05) is 29.2 Å². The Labute approximate surface area is 146 Å². The maximum absolute atomic E-state index is 12.1. The lowest BCUT2D eigenvalue weighted by Crippen LogP contribution is -2.43. The van der Waals surface area contributed by atoms with Crippen molar-refractivity contribution in [2.24, 2.45) is 0 Å². The van der Waals surface area contributed by atoms with E-state index in [2.05, 4.69) is 15.7 Å². The molecule has 0 radical (unpaired) electrons. The summed E-state index contributed by atoms with van der Waals surface area (Å²) in [5.74, 6) is 0.830. The molecule has 6 heteroatoms. The number of benzene rings is 1. The molecule has 5 nitrogen and oxygen atoms in total. The van der Waals surface area contributed by atoms with Gasteiger partial charge in [0.15, 0.2) is 0 Å². The SMILES string of the molecule is COc1ccccc1-c1nc(CCNC(=O)N2CCCCC2)cs1. The Kier molecular flexibility index (Phi) is 5.69. The van der Waals surface area contributed by atoms with Gasteiger partial charge in [-0.25, -0.2) is 9.78 Å². The molecule has 1 aliphatic rings. The molecule has 128 valence electrons. The number of carbonyl (C=O) groups excluding carboxylic acids is 1. The monoisotopic (exact) mass is 345 g/mol. The predicted molar refractivity (Wildman–Crippen MR) is 96.6 cm³/mol. The van der Waals surface area contributed by atoms with E-state index in [0.717, 1.165) is 54.4 Å². The molecule has 2 heterocycles. The Morgan fingerprint density at radius 3 is 2.88 bits per heavy atom. The number of aromatic nitrogens is 1. The van der Waals surface area contributed by atoms with Gasteiger partial charge in [0, 0.05) is 31.4 Å². The zero-order valence-electron chi connectivity index (χ0n) is 14.0. The summed E-state index contributed by atoms with van der Waals surface area (Å²) >= 11 is 1.60. The van der Waals surface area contributed by atoms with Gasteiger partial charge in [0.05, 0.1) is 18.4 Å². The van der Waals surface area contributed by atoms with Gasteiger partial charge in [0.2, 0.25) is 0 Å². The first-order chi connectivity index (χ1) is 11.8. The first-order valence-electron chi connectivity index (χ1n) is 8.38. The highest BCUT2D eigenvalue weighted by molar-refractivity contribution is 7.13. The number of likely N-dealkylation sites (tertiary alicyclic amines) is 1. The third-order valence-electron chi connectivity index (χ3n) is 4.19. The summed E-state index contributed by atoms with van der Waals surface area (Å²) in [6.45, 7) is 2.37. The number of para-hydroxylation sites is 1. The molecule has 0 saturated carbocycles. The van der Waals surface area contributed by atoms with E-state index in [1.165, 1.54) is 6.42 Å². The highest BCUT2D eigenvalue weighted by atomic mass is 32.1. The lowest BCUT2D eigenvalue weighted by molar-refractivity contribution is 0.186. The zero-order chi connectivity index (χ0) is 16.8. The number of thiazole rings is 1. The lowest BCUT2D eigenvalue weighted by atomic mass is 10.1. The summed E-state index contributed by atoms with van der Waals surface area (Å²) in [5.41, 5.74) is 2.01. The van der Waals surface area contributed by atoms with Crippen molar-refractivity contribution in [1.82, 2.24) is 15.2 Å². The minimum absolute atomic E-state index is 0.0508. The average Bonchev–Trinajstić information content (AvgIpc) is 3.11. The van der Waals surface area contributed by atoms with Crippen molar-refractivity contribution in [3.05, 3.63) is 35.3 Å². The molecule has 2 amide bonds. The third-order valence-corrected chi connectivity index (χ3v) is 5.11. The van der Waals surface area contributed by atoms with Crippen LogP contribution in [0, 0.1) is 0 Å². The van der Waals surface area contributed by atoms with Crippen LogP contribution in [0.2, 0.25) is 0 Å². The lowest BCUT2D eigenvalue weighted by Gasteiger charge is -2.26. The van der Waals surface area contributed by atoms with Crippen LogP contribution in [0.4, 0.5) is 4.79 Å². The molecule has 2 aromatic rings. The normalized spacial score (nSPS) is 14.5. The van der Waals surface area contributed by atoms with E-state index in [0.29, 0.717) is 6.54 Å². The Bertz CT molecular complexity index is 680. The van der Waals surface area contributed by atoms with E-state index in [9.17, 15) is 4.79 Å². The molecule has 1 aliphatic heterocycles. The number of methoxy groups -OCH3 is 1. The number of hydrogen-bond acceptors (Lipinski definition) is 4. The highest BCUT2D eigenvalue weighted by Crippen LogP contribution is 2.31. The summed E-state index contributed by atoms with van der Waals surface area (Å²) in [6.07, 6.45) is 4.20. The molecule has 1 fully saturated rings. The van der Waals surface area contributed by atoms with Gasteiger partial charge in [0.1, 0.15) is 10.8 Å². The largest absolute Gasteiger partial charge is 0.496 e. The molecular weight excluding hydrogens is 322 g/mol. The topological polar surface area (TPSA) is 54.5 Å². The fraction of sp³-hybridized carbons (Fsp3) is 0.444. The Morgan fingerprint density at radius 1 is 1.29 bits per heavy atom. The second-order valence-electron chi connectivity index (χ2n) is 5.87. The summed E-state index contributed by atoms with van der Waals surface area (Å²) < 4.78 is 5.39. The fourth-order valence-corrected chi connectivity index (χ4v) is 3.76. The van der Waals surface area contributed by atoms with Crippen LogP contribution in [-0.2, 0) is 6.42 Å². The first kappa shape index (κ1) is 16.8.